The number of hydrogen-bond acceptors (Lipinski definition) is 2. The van der Waals surface area contributed by atoms with Gasteiger partial charge in [-0.15, -0.1) is 0 Å². The molecule has 3 heterocycles. The number of aromatic nitrogens is 1. The number of para-hydroxylation sites is 1. The van der Waals surface area contributed by atoms with E-state index in [2.05, 4.69) is 57.4 Å². The lowest BCUT2D eigenvalue weighted by Gasteiger charge is -2.32. The molecule has 2 aliphatic rings. The Morgan fingerprint density at radius 2 is 1.77 bits per heavy atom. The number of likely N-dealkylation sites (tertiary alicyclic amines) is 1. The summed E-state index contributed by atoms with van der Waals surface area (Å²) in [5, 5.41) is 2.14. The number of nitrogens with one attached hydrogen (secondary N) is 1. The molecule has 0 spiro atoms. The average molecular weight is 436 g/mol. The maximum absolute atomic E-state index is 6.24. The number of rotatable bonds is 7. The summed E-state index contributed by atoms with van der Waals surface area (Å²) in [4.78, 5) is 8.71. The van der Waals surface area contributed by atoms with Crippen molar-refractivity contribution in [2.24, 2.45) is 0 Å². The summed E-state index contributed by atoms with van der Waals surface area (Å²) < 4.78 is 0. The van der Waals surface area contributed by atoms with Gasteiger partial charge in [0.15, 0.2) is 0 Å². The van der Waals surface area contributed by atoms with Gasteiger partial charge in [-0.1, -0.05) is 36.2 Å². The molecule has 1 fully saturated rings. The van der Waals surface area contributed by atoms with Gasteiger partial charge in [-0.05, 0) is 99.5 Å². The molecule has 5 rings (SSSR count). The van der Waals surface area contributed by atoms with E-state index in [0.29, 0.717) is 5.92 Å². The van der Waals surface area contributed by atoms with Crippen LogP contribution >= 0.6 is 11.6 Å². The lowest BCUT2D eigenvalue weighted by atomic mass is 9.89. The Bertz CT molecular complexity index is 1000. The second-order valence-electron chi connectivity index (χ2n) is 9.33. The Morgan fingerprint density at radius 1 is 0.935 bits per heavy atom. The first-order valence-electron chi connectivity index (χ1n) is 12.1. The van der Waals surface area contributed by atoms with Crippen molar-refractivity contribution in [2.45, 2.75) is 50.9 Å². The fraction of sp³-hybridized carbons (Fsp3) is 0.481. The number of nitrogens with zero attached hydrogens (tertiary/aromatic N) is 2. The fourth-order valence-electron chi connectivity index (χ4n) is 5.58. The van der Waals surface area contributed by atoms with Crippen LogP contribution in [0.2, 0.25) is 5.02 Å². The highest BCUT2D eigenvalue weighted by atomic mass is 35.5. The molecule has 164 valence electrons. The van der Waals surface area contributed by atoms with E-state index in [9.17, 15) is 0 Å². The highest BCUT2D eigenvalue weighted by molar-refractivity contribution is 6.31. The van der Waals surface area contributed by atoms with Crippen molar-refractivity contribution in [1.82, 2.24) is 9.88 Å². The third-order valence-corrected chi connectivity index (χ3v) is 7.55. The van der Waals surface area contributed by atoms with E-state index in [4.69, 9.17) is 11.6 Å². The van der Waals surface area contributed by atoms with Crippen molar-refractivity contribution in [1.29, 1.82) is 0 Å². The first-order chi connectivity index (χ1) is 15.3. The van der Waals surface area contributed by atoms with Crippen molar-refractivity contribution in [3.8, 4) is 0 Å². The number of halogens is 1. The molecule has 4 heteroatoms. The van der Waals surface area contributed by atoms with Crippen LogP contribution in [-0.2, 0) is 6.42 Å². The van der Waals surface area contributed by atoms with E-state index >= 15 is 0 Å². The number of hydrogen-bond donors (Lipinski definition) is 1. The maximum Gasteiger partial charge on any atom is 0.0457 e. The number of aromatic amines is 1. The predicted molar refractivity (Wildman–Crippen MR) is 133 cm³/mol. The minimum absolute atomic E-state index is 0.655. The Balaban J connectivity index is 1.04. The van der Waals surface area contributed by atoms with E-state index in [1.54, 1.807) is 0 Å². The van der Waals surface area contributed by atoms with Crippen LogP contribution in [0.3, 0.4) is 0 Å². The Kier molecular flexibility index (Phi) is 6.52. The molecular formula is C27H34ClN3. The van der Waals surface area contributed by atoms with E-state index < -0.39 is 0 Å². The Morgan fingerprint density at radius 3 is 2.68 bits per heavy atom. The van der Waals surface area contributed by atoms with Gasteiger partial charge in [-0.2, -0.15) is 0 Å². The number of benzene rings is 2. The molecule has 0 bridgehead atoms. The number of unbranched alkanes of at least 4 members (excludes halogenated alkanes) is 2. The number of H-pyrrole nitrogens is 1. The first-order valence-corrected chi connectivity index (χ1v) is 12.5. The Hall–Kier alpha value is -1.97. The molecule has 2 aromatic carbocycles. The van der Waals surface area contributed by atoms with Gasteiger partial charge in [0.2, 0.25) is 0 Å². The second-order valence-corrected chi connectivity index (χ2v) is 9.77. The molecule has 31 heavy (non-hydrogen) atoms. The van der Waals surface area contributed by atoms with Gasteiger partial charge in [0, 0.05) is 40.9 Å². The zero-order valence-corrected chi connectivity index (χ0v) is 19.2. The van der Waals surface area contributed by atoms with Crippen molar-refractivity contribution < 1.29 is 0 Å². The van der Waals surface area contributed by atoms with Gasteiger partial charge in [0.25, 0.3) is 0 Å². The number of fused-ring (bicyclic) bond motifs is 2. The molecule has 0 radical (unpaired) electrons. The summed E-state index contributed by atoms with van der Waals surface area (Å²) in [7, 11) is 0. The van der Waals surface area contributed by atoms with Gasteiger partial charge in [0.1, 0.15) is 0 Å². The summed E-state index contributed by atoms with van der Waals surface area (Å²) in [6, 6.07) is 15.2. The number of aryl methyl sites for hydroxylation is 1. The largest absolute Gasteiger partial charge is 0.371 e. The van der Waals surface area contributed by atoms with Gasteiger partial charge in [-0.3, -0.25) is 0 Å². The van der Waals surface area contributed by atoms with Crippen LogP contribution in [0.5, 0.6) is 0 Å². The minimum Gasteiger partial charge on any atom is -0.371 e. The van der Waals surface area contributed by atoms with Crippen molar-refractivity contribution in [3.05, 3.63) is 64.8 Å². The van der Waals surface area contributed by atoms with E-state index in [-0.39, 0.29) is 0 Å². The number of piperidine rings is 1. The molecule has 3 aromatic rings. The van der Waals surface area contributed by atoms with Gasteiger partial charge in [-0.25, -0.2) is 0 Å². The summed E-state index contributed by atoms with van der Waals surface area (Å²) >= 11 is 6.24. The van der Waals surface area contributed by atoms with Gasteiger partial charge < -0.3 is 14.8 Å². The average Bonchev–Trinajstić information content (AvgIpc) is 3.22. The van der Waals surface area contributed by atoms with Gasteiger partial charge in [0.05, 0.1) is 0 Å². The van der Waals surface area contributed by atoms with Crippen molar-refractivity contribution in [2.75, 3.05) is 37.6 Å². The lowest BCUT2D eigenvalue weighted by molar-refractivity contribution is 0.209. The summed E-state index contributed by atoms with van der Waals surface area (Å²) in [5.41, 5.74) is 5.68. The molecule has 2 aliphatic heterocycles. The standard InChI is InChI=1S/C27H34ClN3/c28-23-10-11-26-24(19-23)25(20-29-26)21-12-17-30(18-13-21)14-4-1-5-15-31-16-6-8-22-7-2-3-9-27(22)31/h2-3,7,9-11,19-21,29H,1,4-6,8,12-18H2. The Labute approximate surface area is 191 Å². The summed E-state index contributed by atoms with van der Waals surface area (Å²) in [5.74, 6) is 0.655. The lowest BCUT2D eigenvalue weighted by Crippen LogP contribution is -2.34. The molecule has 1 saturated heterocycles. The van der Waals surface area contributed by atoms with Crippen LogP contribution in [0, 0.1) is 0 Å². The zero-order chi connectivity index (χ0) is 21.0. The quantitative estimate of drug-likeness (QED) is 0.421. The van der Waals surface area contributed by atoms with Crippen molar-refractivity contribution >= 4 is 28.2 Å². The topological polar surface area (TPSA) is 22.3 Å². The molecule has 0 saturated carbocycles. The predicted octanol–water partition coefficient (Wildman–Crippen LogP) is 6.62. The smallest absolute Gasteiger partial charge is 0.0457 e. The highest BCUT2D eigenvalue weighted by Crippen LogP contribution is 2.34. The van der Waals surface area contributed by atoms with Crippen LogP contribution in [0.4, 0.5) is 5.69 Å². The van der Waals surface area contributed by atoms with Crippen LogP contribution in [0.25, 0.3) is 10.9 Å². The fourth-order valence-corrected chi connectivity index (χ4v) is 5.75. The molecular weight excluding hydrogens is 402 g/mol. The third kappa shape index (κ3) is 4.78. The van der Waals surface area contributed by atoms with E-state index in [0.717, 1.165) is 5.02 Å². The zero-order valence-electron chi connectivity index (χ0n) is 18.5. The normalized spacial score (nSPS) is 17.9. The highest BCUT2D eigenvalue weighted by Gasteiger charge is 2.22. The molecule has 0 aliphatic carbocycles. The van der Waals surface area contributed by atoms with Crippen molar-refractivity contribution in [3.63, 3.8) is 0 Å². The first kappa shape index (κ1) is 20.9. The molecule has 0 atom stereocenters. The van der Waals surface area contributed by atoms with Crippen LogP contribution in [0.1, 0.15) is 55.6 Å². The van der Waals surface area contributed by atoms with Crippen LogP contribution < -0.4 is 4.90 Å². The van der Waals surface area contributed by atoms with E-state index in [1.807, 2.05) is 6.07 Å². The van der Waals surface area contributed by atoms with E-state index in [1.165, 1.54) is 105 Å². The molecule has 3 nitrogen and oxygen atoms in total. The SMILES string of the molecule is Clc1ccc2[nH]cc(C3CCN(CCCCCN4CCCc5ccccc54)CC3)c2c1. The second kappa shape index (κ2) is 9.67. The number of anilines is 1. The summed E-state index contributed by atoms with van der Waals surface area (Å²) in [6.07, 6.45) is 11.2. The van der Waals surface area contributed by atoms with Gasteiger partial charge >= 0.3 is 0 Å². The molecule has 1 aromatic heterocycles. The molecule has 1 N–H and O–H groups in total. The third-order valence-electron chi connectivity index (χ3n) is 7.31. The maximum atomic E-state index is 6.24. The van der Waals surface area contributed by atoms with Crippen LogP contribution in [-0.4, -0.2) is 42.6 Å². The monoisotopic (exact) mass is 435 g/mol. The van der Waals surface area contributed by atoms with Crippen LogP contribution in [0.15, 0.2) is 48.7 Å². The minimum atomic E-state index is 0.655. The molecule has 0 amide bonds. The summed E-state index contributed by atoms with van der Waals surface area (Å²) in [6.45, 7) is 6.13. The molecule has 0 unspecified atom stereocenters.